The molecule has 0 spiro atoms. The van der Waals surface area contributed by atoms with Crippen molar-refractivity contribution in [3.8, 4) is 0 Å². The average molecular weight is 380 g/mol. The minimum Gasteiger partial charge on any atom is -0.352 e. The van der Waals surface area contributed by atoms with E-state index in [1.165, 1.54) is 24.2 Å². The maximum Gasteiger partial charge on any atom is 0.220 e. The molecule has 1 aliphatic rings. The molecule has 0 aromatic heterocycles. The maximum atomic E-state index is 12.3. The van der Waals surface area contributed by atoms with Crippen molar-refractivity contribution in [3.63, 3.8) is 0 Å². The summed E-state index contributed by atoms with van der Waals surface area (Å²) in [7, 11) is 0. The van der Waals surface area contributed by atoms with Crippen LogP contribution < -0.4 is 5.32 Å². The molecule has 4 nitrogen and oxygen atoms in total. The van der Waals surface area contributed by atoms with E-state index < -0.39 is 0 Å². The van der Waals surface area contributed by atoms with Crippen molar-refractivity contribution in [2.45, 2.75) is 39.3 Å². The molecule has 1 atom stereocenters. The Bertz CT molecular complexity index is 721. The first-order valence-electron chi connectivity index (χ1n) is 10.5. The fraction of sp³-hybridized carbons (Fsp3) is 0.458. The molecule has 1 fully saturated rings. The van der Waals surface area contributed by atoms with Gasteiger partial charge in [-0.1, -0.05) is 68.4 Å². The normalized spacial score (nSPS) is 16.6. The second-order valence-corrected chi connectivity index (χ2v) is 7.82. The van der Waals surface area contributed by atoms with E-state index in [1.54, 1.807) is 0 Å². The van der Waals surface area contributed by atoms with Crippen molar-refractivity contribution in [2.24, 2.45) is 0 Å². The van der Waals surface area contributed by atoms with Gasteiger partial charge in [0.05, 0.1) is 0 Å². The van der Waals surface area contributed by atoms with Crippen LogP contribution in [0.15, 0.2) is 54.6 Å². The molecule has 1 saturated heterocycles. The highest BCUT2D eigenvalue weighted by molar-refractivity contribution is 5.76. The summed E-state index contributed by atoms with van der Waals surface area (Å²) < 4.78 is 0. The van der Waals surface area contributed by atoms with Crippen molar-refractivity contribution in [1.82, 2.24) is 15.1 Å². The fourth-order valence-corrected chi connectivity index (χ4v) is 3.73. The van der Waals surface area contributed by atoms with Crippen molar-refractivity contribution in [2.75, 3.05) is 32.7 Å². The van der Waals surface area contributed by atoms with Gasteiger partial charge in [0, 0.05) is 45.7 Å². The van der Waals surface area contributed by atoms with Crippen molar-refractivity contribution in [3.05, 3.63) is 71.3 Å². The number of carbonyl (C=O) groups is 1. The van der Waals surface area contributed by atoms with Crippen molar-refractivity contribution in [1.29, 1.82) is 0 Å². The summed E-state index contributed by atoms with van der Waals surface area (Å²) >= 11 is 0. The molecule has 28 heavy (non-hydrogen) atoms. The molecule has 3 rings (SSSR count). The molecular weight excluding hydrogens is 346 g/mol. The van der Waals surface area contributed by atoms with E-state index in [0.717, 1.165) is 31.7 Å². The lowest BCUT2D eigenvalue weighted by Gasteiger charge is -2.34. The number of hydrogen-bond donors (Lipinski definition) is 1. The van der Waals surface area contributed by atoms with Gasteiger partial charge in [-0.15, -0.1) is 0 Å². The summed E-state index contributed by atoms with van der Waals surface area (Å²) in [6.45, 7) is 11.7. The lowest BCUT2D eigenvalue weighted by atomic mass is 9.97. The largest absolute Gasteiger partial charge is 0.352 e. The predicted octanol–water partition coefficient (Wildman–Crippen LogP) is 3.63. The summed E-state index contributed by atoms with van der Waals surface area (Å²) in [6.07, 6.45) is 0.520. The number of carbonyl (C=O) groups excluding carboxylic acids is 1. The molecule has 150 valence electrons. The Labute approximate surface area is 169 Å². The minimum absolute atomic E-state index is 0.106. The first-order valence-corrected chi connectivity index (χ1v) is 10.5. The molecule has 2 aromatic rings. The van der Waals surface area contributed by atoms with E-state index in [9.17, 15) is 4.79 Å². The standard InChI is InChI=1S/C24H33N3O/c1-3-26-13-15-27(16-14-26)19-22-11-9-21(10-12-22)18-25-24(28)17-20(2)23-7-5-4-6-8-23/h4-12,20H,3,13-19H2,1-2H3,(H,25,28)/t20-/m1/s1. The summed E-state index contributed by atoms with van der Waals surface area (Å²) in [5, 5.41) is 3.06. The second-order valence-electron chi connectivity index (χ2n) is 7.82. The molecule has 2 aromatic carbocycles. The predicted molar refractivity (Wildman–Crippen MR) is 115 cm³/mol. The molecule has 0 saturated carbocycles. The number of nitrogens with zero attached hydrogens (tertiary/aromatic N) is 2. The number of benzene rings is 2. The van der Waals surface area contributed by atoms with Gasteiger partial charge < -0.3 is 10.2 Å². The summed E-state index contributed by atoms with van der Waals surface area (Å²) in [5.74, 6) is 0.339. The Morgan fingerprint density at radius 2 is 1.54 bits per heavy atom. The Morgan fingerprint density at radius 3 is 2.18 bits per heavy atom. The first kappa shape index (κ1) is 20.6. The minimum atomic E-state index is 0.106. The van der Waals surface area contributed by atoms with Gasteiger partial charge >= 0.3 is 0 Å². The molecule has 0 unspecified atom stereocenters. The number of nitrogens with one attached hydrogen (secondary N) is 1. The SMILES string of the molecule is CCN1CCN(Cc2ccc(CNC(=O)C[C@@H](C)c3ccccc3)cc2)CC1. The fourth-order valence-electron chi connectivity index (χ4n) is 3.73. The quantitative estimate of drug-likeness (QED) is 0.761. The lowest BCUT2D eigenvalue weighted by Crippen LogP contribution is -2.45. The van der Waals surface area contributed by atoms with Crippen LogP contribution in [0.25, 0.3) is 0 Å². The third-order valence-electron chi connectivity index (χ3n) is 5.69. The van der Waals surface area contributed by atoms with Gasteiger partial charge in [-0.3, -0.25) is 9.69 Å². The first-order chi connectivity index (χ1) is 13.6. The summed E-state index contributed by atoms with van der Waals surface area (Å²) in [6, 6.07) is 18.9. The smallest absolute Gasteiger partial charge is 0.220 e. The van der Waals surface area contributed by atoms with Crippen LogP contribution in [0.1, 0.15) is 42.9 Å². The topological polar surface area (TPSA) is 35.6 Å². The van der Waals surface area contributed by atoms with E-state index in [1.807, 2.05) is 18.2 Å². The van der Waals surface area contributed by atoms with E-state index >= 15 is 0 Å². The monoisotopic (exact) mass is 379 g/mol. The zero-order valence-electron chi connectivity index (χ0n) is 17.2. The Balaban J connectivity index is 1.41. The maximum absolute atomic E-state index is 12.3. The highest BCUT2D eigenvalue weighted by atomic mass is 16.1. The molecule has 1 aliphatic heterocycles. The highest BCUT2D eigenvalue weighted by Gasteiger charge is 2.15. The third-order valence-corrected chi connectivity index (χ3v) is 5.69. The molecule has 1 amide bonds. The van der Waals surface area contributed by atoms with E-state index in [-0.39, 0.29) is 11.8 Å². The van der Waals surface area contributed by atoms with Crippen LogP contribution in [0.4, 0.5) is 0 Å². The van der Waals surface area contributed by atoms with Gasteiger partial charge in [-0.05, 0) is 29.2 Å². The van der Waals surface area contributed by atoms with E-state index in [4.69, 9.17) is 0 Å². The zero-order valence-corrected chi connectivity index (χ0v) is 17.2. The van der Waals surface area contributed by atoms with E-state index in [2.05, 4.69) is 65.4 Å². The van der Waals surface area contributed by atoms with Crippen molar-refractivity contribution >= 4 is 5.91 Å². The number of hydrogen-bond acceptors (Lipinski definition) is 3. The number of amides is 1. The van der Waals surface area contributed by atoms with Crippen LogP contribution in [-0.4, -0.2) is 48.4 Å². The van der Waals surface area contributed by atoms with Gasteiger partial charge in [-0.25, -0.2) is 0 Å². The molecule has 1 heterocycles. The van der Waals surface area contributed by atoms with Crippen LogP contribution in [-0.2, 0) is 17.9 Å². The molecule has 0 radical (unpaired) electrons. The molecule has 1 N–H and O–H groups in total. The van der Waals surface area contributed by atoms with Gasteiger partial charge in [0.25, 0.3) is 0 Å². The number of likely N-dealkylation sites (N-methyl/N-ethyl adjacent to an activating group) is 1. The number of rotatable bonds is 8. The highest BCUT2D eigenvalue weighted by Crippen LogP contribution is 2.18. The van der Waals surface area contributed by atoms with Gasteiger partial charge in [-0.2, -0.15) is 0 Å². The molecule has 0 aliphatic carbocycles. The van der Waals surface area contributed by atoms with Crippen LogP contribution in [0.2, 0.25) is 0 Å². The third kappa shape index (κ3) is 6.18. The summed E-state index contributed by atoms with van der Waals surface area (Å²) in [4.78, 5) is 17.3. The Kier molecular flexibility index (Phi) is 7.63. The van der Waals surface area contributed by atoms with Gasteiger partial charge in [0.1, 0.15) is 0 Å². The molecule has 0 bridgehead atoms. The average Bonchev–Trinajstić information content (AvgIpc) is 2.74. The number of piperazine rings is 1. The molecule has 4 heteroatoms. The zero-order chi connectivity index (χ0) is 19.8. The van der Waals surface area contributed by atoms with E-state index in [0.29, 0.717) is 13.0 Å². The second kappa shape index (κ2) is 10.4. The summed E-state index contributed by atoms with van der Waals surface area (Å²) in [5.41, 5.74) is 3.71. The van der Waals surface area contributed by atoms with Crippen molar-refractivity contribution < 1.29 is 4.79 Å². The van der Waals surface area contributed by atoms with Gasteiger partial charge in [0.15, 0.2) is 0 Å². The lowest BCUT2D eigenvalue weighted by molar-refractivity contribution is -0.121. The van der Waals surface area contributed by atoms with Crippen LogP contribution in [0.5, 0.6) is 0 Å². The molecular formula is C24H33N3O. The van der Waals surface area contributed by atoms with Gasteiger partial charge in [0.2, 0.25) is 5.91 Å². The Morgan fingerprint density at radius 1 is 0.929 bits per heavy atom. The van der Waals surface area contributed by atoms with Crippen LogP contribution in [0, 0.1) is 0 Å². The van der Waals surface area contributed by atoms with Crippen LogP contribution in [0.3, 0.4) is 0 Å². The van der Waals surface area contributed by atoms with Crippen LogP contribution >= 0.6 is 0 Å². The Hall–Kier alpha value is -2.17.